The number of nitrogens with zero attached hydrogens (tertiary/aromatic N) is 6. The Bertz CT molecular complexity index is 1500. The van der Waals surface area contributed by atoms with Crippen molar-refractivity contribution < 1.29 is 28.0 Å². The standard InChI is InChI=1S/C25H22F2N6O5/c1-30-14-29-19-11-28-23(10-21(19)30)31(2)20-8-3-15(9-22(20)38-24(26)27)16-12-32(13-16)25(34)37-18-6-4-17(5-7-18)33(35)36/h3-11,14,16,24H,12-13H2,1-2H3. The number of amides is 1. The molecular weight excluding hydrogens is 502 g/mol. The molecule has 2 aromatic heterocycles. The average Bonchev–Trinajstić information content (AvgIpc) is 3.23. The molecule has 2 aromatic carbocycles. The molecule has 0 saturated carbocycles. The lowest BCUT2D eigenvalue weighted by Gasteiger charge is -2.38. The number of rotatable bonds is 7. The van der Waals surface area contributed by atoms with Crippen molar-refractivity contribution in [3.05, 3.63) is 76.7 Å². The van der Waals surface area contributed by atoms with Crippen LogP contribution in [0.5, 0.6) is 11.5 Å². The number of hydrogen-bond acceptors (Lipinski definition) is 8. The molecular formula is C25H22F2N6O5. The zero-order valence-corrected chi connectivity index (χ0v) is 20.3. The van der Waals surface area contributed by atoms with Gasteiger partial charge in [-0.1, -0.05) is 6.07 Å². The van der Waals surface area contributed by atoms with E-state index in [1.165, 1.54) is 29.2 Å². The average molecular weight is 524 g/mol. The number of anilines is 2. The van der Waals surface area contributed by atoms with Crippen molar-refractivity contribution in [3.8, 4) is 11.5 Å². The van der Waals surface area contributed by atoms with Gasteiger partial charge in [0.2, 0.25) is 0 Å². The number of alkyl halides is 2. The maximum Gasteiger partial charge on any atom is 0.415 e. The monoisotopic (exact) mass is 524 g/mol. The topological polar surface area (TPSA) is 116 Å². The minimum absolute atomic E-state index is 0.0150. The van der Waals surface area contributed by atoms with Gasteiger partial charge in [0.15, 0.2) is 0 Å². The van der Waals surface area contributed by atoms with Crippen molar-refractivity contribution in [2.75, 3.05) is 25.0 Å². The Morgan fingerprint density at radius 3 is 2.58 bits per heavy atom. The Hall–Kier alpha value is -4.81. The number of carbonyl (C=O) groups excluding carboxylic acids is 1. The third kappa shape index (κ3) is 4.90. The second kappa shape index (κ2) is 9.92. The number of imidazole rings is 1. The van der Waals surface area contributed by atoms with Gasteiger partial charge in [0, 0.05) is 51.3 Å². The fourth-order valence-corrected chi connectivity index (χ4v) is 4.22. The molecule has 1 amide bonds. The lowest BCUT2D eigenvalue weighted by Crippen LogP contribution is -2.49. The van der Waals surface area contributed by atoms with Gasteiger partial charge in [0.05, 0.1) is 28.7 Å². The normalized spacial score (nSPS) is 13.4. The number of aryl methyl sites for hydroxylation is 1. The SMILES string of the molecule is CN(c1cc2c(cn1)ncn2C)c1ccc(C2CN(C(=O)Oc3ccc([N+](=O)[O-])cc3)C2)cc1OC(F)F. The maximum absolute atomic E-state index is 13.3. The first-order valence-electron chi connectivity index (χ1n) is 11.5. The summed E-state index contributed by atoms with van der Waals surface area (Å²) in [4.78, 5) is 34.4. The summed E-state index contributed by atoms with van der Waals surface area (Å²) in [6.07, 6.45) is 2.68. The minimum Gasteiger partial charge on any atom is -0.433 e. The van der Waals surface area contributed by atoms with Gasteiger partial charge < -0.3 is 23.8 Å². The van der Waals surface area contributed by atoms with Crippen LogP contribution in [0.15, 0.2) is 61.1 Å². The molecule has 13 heteroatoms. The first-order valence-corrected chi connectivity index (χ1v) is 11.5. The molecule has 0 N–H and O–H groups in total. The molecule has 196 valence electrons. The summed E-state index contributed by atoms with van der Waals surface area (Å²) < 4.78 is 38.5. The number of nitro groups is 1. The lowest BCUT2D eigenvalue weighted by molar-refractivity contribution is -0.384. The first-order chi connectivity index (χ1) is 18.2. The van der Waals surface area contributed by atoms with Crippen molar-refractivity contribution in [2.45, 2.75) is 12.5 Å². The summed E-state index contributed by atoms with van der Waals surface area (Å²) in [6, 6.07) is 12.0. The Labute approximate surface area is 215 Å². The molecule has 5 rings (SSSR count). The Kier molecular flexibility index (Phi) is 6.49. The van der Waals surface area contributed by atoms with Crippen LogP contribution in [-0.2, 0) is 7.05 Å². The summed E-state index contributed by atoms with van der Waals surface area (Å²) in [6.45, 7) is -2.40. The second-order valence-corrected chi connectivity index (χ2v) is 8.77. The molecule has 38 heavy (non-hydrogen) atoms. The molecule has 11 nitrogen and oxygen atoms in total. The highest BCUT2D eigenvalue weighted by Crippen LogP contribution is 2.38. The van der Waals surface area contributed by atoms with Crippen molar-refractivity contribution in [1.82, 2.24) is 19.4 Å². The zero-order chi connectivity index (χ0) is 27.0. The van der Waals surface area contributed by atoms with Crippen molar-refractivity contribution in [3.63, 3.8) is 0 Å². The summed E-state index contributed by atoms with van der Waals surface area (Å²) in [5.41, 5.74) is 2.57. The predicted octanol–water partition coefficient (Wildman–Crippen LogP) is 4.84. The Morgan fingerprint density at radius 1 is 1.16 bits per heavy atom. The molecule has 1 aliphatic heterocycles. The smallest absolute Gasteiger partial charge is 0.415 e. The summed E-state index contributed by atoms with van der Waals surface area (Å²) in [5.74, 6) is 0.584. The number of carbonyl (C=O) groups is 1. The van der Waals surface area contributed by atoms with Crippen LogP contribution in [0.25, 0.3) is 11.0 Å². The van der Waals surface area contributed by atoms with Crippen LogP contribution in [0.4, 0.5) is 30.8 Å². The highest BCUT2D eigenvalue weighted by molar-refractivity contribution is 5.79. The number of hydrogen-bond donors (Lipinski definition) is 0. The van der Waals surface area contributed by atoms with E-state index in [1.54, 1.807) is 42.7 Å². The van der Waals surface area contributed by atoms with Crippen molar-refractivity contribution in [1.29, 1.82) is 0 Å². The molecule has 1 fully saturated rings. The third-order valence-electron chi connectivity index (χ3n) is 6.37. The van der Waals surface area contributed by atoms with Gasteiger partial charge in [-0.05, 0) is 29.8 Å². The predicted molar refractivity (Wildman–Crippen MR) is 133 cm³/mol. The molecule has 0 spiro atoms. The number of halogens is 2. The number of non-ortho nitro benzene ring substituents is 1. The summed E-state index contributed by atoms with van der Waals surface area (Å²) in [7, 11) is 3.56. The highest BCUT2D eigenvalue weighted by Gasteiger charge is 2.34. The van der Waals surface area contributed by atoms with Crippen LogP contribution in [0.1, 0.15) is 11.5 Å². The minimum atomic E-state index is -3.03. The maximum atomic E-state index is 13.3. The molecule has 4 aromatic rings. The van der Waals surface area contributed by atoms with E-state index >= 15 is 0 Å². The summed E-state index contributed by atoms with van der Waals surface area (Å²) in [5, 5.41) is 10.8. The zero-order valence-electron chi connectivity index (χ0n) is 20.3. The van der Waals surface area contributed by atoms with Gasteiger partial charge in [-0.2, -0.15) is 8.78 Å². The van der Waals surface area contributed by atoms with Crippen LogP contribution in [0.3, 0.4) is 0 Å². The fourth-order valence-electron chi connectivity index (χ4n) is 4.22. The number of pyridine rings is 1. The van der Waals surface area contributed by atoms with Gasteiger partial charge >= 0.3 is 12.7 Å². The number of likely N-dealkylation sites (tertiary alicyclic amines) is 1. The van der Waals surface area contributed by atoms with E-state index in [0.717, 1.165) is 11.1 Å². The Morgan fingerprint density at radius 2 is 1.89 bits per heavy atom. The van der Waals surface area contributed by atoms with E-state index in [9.17, 15) is 23.7 Å². The van der Waals surface area contributed by atoms with Crippen molar-refractivity contribution >= 4 is 34.3 Å². The molecule has 1 aliphatic rings. The quantitative estimate of drug-likeness (QED) is 0.249. The number of aromatic nitrogens is 3. The van der Waals surface area contributed by atoms with Crippen LogP contribution in [0.2, 0.25) is 0 Å². The summed E-state index contributed by atoms with van der Waals surface area (Å²) >= 11 is 0. The van der Waals surface area contributed by atoms with Gasteiger partial charge in [0.1, 0.15) is 22.8 Å². The van der Waals surface area contributed by atoms with E-state index in [4.69, 9.17) is 9.47 Å². The van der Waals surface area contributed by atoms with Gasteiger partial charge in [0.25, 0.3) is 5.69 Å². The van der Waals surface area contributed by atoms with E-state index in [-0.39, 0.29) is 23.1 Å². The van der Waals surface area contributed by atoms with Gasteiger partial charge in [-0.15, -0.1) is 0 Å². The largest absolute Gasteiger partial charge is 0.433 e. The van der Waals surface area contributed by atoms with Crippen molar-refractivity contribution in [2.24, 2.45) is 7.05 Å². The molecule has 0 unspecified atom stereocenters. The number of benzene rings is 2. The van der Waals surface area contributed by atoms with E-state index in [1.807, 2.05) is 17.7 Å². The van der Waals surface area contributed by atoms with E-state index < -0.39 is 17.6 Å². The Balaban J connectivity index is 1.29. The first kappa shape index (κ1) is 24.9. The van der Waals surface area contributed by atoms with E-state index in [0.29, 0.717) is 30.1 Å². The highest BCUT2D eigenvalue weighted by atomic mass is 19.3. The molecule has 0 atom stereocenters. The second-order valence-electron chi connectivity index (χ2n) is 8.77. The third-order valence-corrected chi connectivity index (χ3v) is 6.37. The molecule has 0 radical (unpaired) electrons. The van der Waals surface area contributed by atoms with E-state index in [2.05, 4.69) is 9.97 Å². The number of fused-ring (bicyclic) bond motifs is 1. The fraction of sp³-hybridized carbons (Fsp3) is 0.240. The lowest BCUT2D eigenvalue weighted by atomic mass is 9.91. The van der Waals surface area contributed by atoms with Crippen LogP contribution < -0.4 is 14.4 Å². The molecule has 3 heterocycles. The van der Waals surface area contributed by atoms with Crippen LogP contribution in [-0.4, -0.2) is 57.2 Å². The number of nitro benzene ring substituents is 1. The van der Waals surface area contributed by atoms with Crippen LogP contribution in [0, 0.1) is 10.1 Å². The number of ether oxygens (including phenoxy) is 2. The van der Waals surface area contributed by atoms with Crippen LogP contribution >= 0.6 is 0 Å². The molecule has 0 bridgehead atoms. The van der Waals surface area contributed by atoms with Gasteiger partial charge in [-0.25, -0.2) is 14.8 Å². The van der Waals surface area contributed by atoms with Gasteiger partial charge in [-0.3, -0.25) is 10.1 Å². The molecule has 0 aliphatic carbocycles. The molecule has 1 saturated heterocycles.